The predicted octanol–water partition coefficient (Wildman–Crippen LogP) is 2.11. The number of amides is 6. The van der Waals surface area contributed by atoms with Gasteiger partial charge in [0.1, 0.15) is 5.75 Å². The van der Waals surface area contributed by atoms with E-state index in [1.807, 2.05) is 0 Å². The fourth-order valence-electron chi connectivity index (χ4n) is 6.06. The Hall–Kier alpha value is -2.62. The van der Waals surface area contributed by atoms with Crippen molar-refractivity contribution in [2.75, 3.05) is 7.05 Å². The van der Waals surface area contributed by atoms with Gasteiger partial charge in [0.05, 0.1) is 11.8 Å². The van der Waals surface area contributed by atoms with E-state index in [0.29, 0.717) is 16.0 Å². The number of imide groups is 4. The molecule has 2 aliphatic heterocycles. The molecule has 34 heavy (non-hydrogen) atoms. The Morgan fingerprint density at radius 1 is 1.12 bits per heavy atom. The minimum Gasteiger partial charge on any atom is -0.508 e. The van der Waals surface area contributed by atoms with Crippen LogP contribution in [0.1, 0.15) is 24.3 Å². The number of phenols is 1. The first-order valence-corrected chi connectivity index (χ1v) is 11.6. The number of benzene rings is 1. The highest BCUT2D eigenvalue weighted by atomic mass is 35.5. The van der Waals surface area contributed by atoms with Gasteiger partial charge in [-0.25, -0.2) is 4.79 Å². The Balaban J connectivity index is 1.75. The summed E-state index contributed by atoms with van der Waals surface area (Å²) in [7, 11) is 1.27. The molecule has 1 aromatic carbocycles. The normalized spacial score (nSPS) is 36.9. The van der Waals surface area contributed by atoms with Crippen molar-refractivity contribution in [3.63, 3.8) is 0 Å². The molecule has 5 rings (SSSR count). The monoisotopic (exact) mass is 525 g/mol. The van der Waals surface area contributed by atoms with Gasteiger partial charge in [-0.05, 0) is 36.5 Å². The van der Waals surface area contributed by atoms with Crippen molar-refractivity contribution in [2.24, 2.45) is 23.5 Å². The van der Waals surface area contributed by atoms with Crippen LogP contribution in [0.25, 0.3) is 0 Å². The number of carbonyl (C=O) groups excluding carboxylic acids is 5. The van der Waals surface area contributed by atoms with E-state index in [2.05, 4.69) is 0 Å². The zero-order valence-electron chi connectivity index (χ0n) is 17.6. The zero-order valence-corrected chi connectivity index (χ0v) is 19.9. The van der Waals surface area contributed by atoms with Gasteiger partial charge in [0.25, 0.3) is 11.8 Å². The number of hydrogen-bond donors (Lipinski definition) is 2. The maximum atomic E-state index is 13.4. The molecule has 2 aliphatic carbocycles. The molecule has 0 spiro atoms. The number of fused-ring (bicyclic) bond motifs is 4. The Morgan fingerprint density at radius 2 is 1.79 bits per heavy atom. The van der Waals surface area contributed by atoms with Crippen LogP contribution in [0.2, 0.25) is 5.02 Å². The van der Waals surface area contributed by atoms with Gasteiger partial charge in [-0.1, -0.05) is 29.3 Å². The second-order valence-electron chi connectivity index (χ2n) is 9.05. The van der Waals surface area contributed by atoms with Gasteiger partial charge >= 0.3 is 6.03 Å². The quantitative estimate of drug-likeness (QED) is 0.327. The van der Waals surface area contributed by atoms with Crippen LogP contribution in [-0.2, 0) is 19.2 Å². The SMILES string of the molecule is CN1C(=O)[C@]2(Cl)C[C@@H]3C(=CC[C@@H]4C(=O)N(C(N)=O)C(=O)[C@@H]43)[C@H](c3ccc(O)cc3Cl)[C@]2(Cl)C1=O. The smallest absolute Gasteiger partial charge is 0.328 e. The van der Waals surface area contributed by atoms with E-state index in [9.17, 15) is 29.1 Å². The number of halogens is 3. The molecule has 2 saturated heterocycles. The third kappa shape index (κ3) is 2.60. The second-order valence-corrected chi connectivity index (χ2v) is 10.7. The summed E-state index contributed by atoms with van der Waals surface area (Å²) in [4.78, 5) is 61.7. The van der Waals surface area contributed by atoms with Gasteiger partial charge in [0.2, 0.25) is 11.8 Å². The molecule has 3 N–H and O–H groups in total. The van der Waals surface area contributed by atoms with Gasteiger partial charge in [-0.15, -0.1) is 23.2 Å². The van der Waals surface area contributed by atoms with E-state index < -0.39 is 63.1 Å². The molecule has 9 nitrogen and oxygen atoms in total. The molecule has 0 radical (unpaired) electrons. The van der Waals surface area contributed by atoms with Crippen molar-refractivity contribution in [1.82, 2.24) is 9.80 Å². The third-order valence-corrected chi connectivity index (χ3v) is 9.27. The molecule has 6 amide bonds. The summed E-state index contributed by atoms with van der Waals surface area (Å²) in [5, 5.41) is 9.93. The summed E-state index contributed by atoms with van der Waals surface area (Å²) in [6.45, 7) is 0. The van der Waals surface area contributed by atoms with E-state index in [1.165, 1.54) is 25.2 Å². The first-order valence-electron chi connectivity index (χ1n) is 10.4. The number of primary amides is 1. The number of nitrogens with two attached hydrogens (primary N) is 1. The number of allylic oxidation sites excluding steroid dienone is 2. The first kappa shape index (κ1) is 23.1. The third-order valence-electron chi connectivity index (χ3n) is 7.53. The predicted molar refractivity (Wildman–Crippen MR) is 120 cm³/mol. The van der Waals surface area contributed by atoms with Crippen LogP contribution in [-0.4, -0.2) is 61.4 Å². The lowest BCUT2D eigenvalue weighted by Gasteiger charge is -2.51. The van der Waals surface area contributed by atoms with Gasteiger partial charge in [0, 0.05) is 18.0 Å². The average Bonchev–Trinajstić information content (AvgIpc) is 3.10. The fraction of sp³-hybridized carbons (Fsp3) is 0.409. The zero-order chi connectivity index (χ0) is 24.9. The van der Waals surface area contributed by atoms with Gasteiger partial charge < -0.3 is 10.8 Å². The van der Waals surface area contributed by atoms with E-state index in [1.54, 1.807) is 6.08 Å². The van der Waals surface area contributed by atoms with Crippen LogP contribution in [0, 0.1) is 17.8 Å². The number of nitrogens with zero attached hydrogens (tertiary/aromatic N) is 2. The van der Waals surface area contributed by atoms with Crippen LogP contribution in [0.5, 0.6) is 5.75 Å². The van der Waals surface area contributed by atoms with E-state index >= 15 is 0 Å². The summed E-state index contributed by atoms with van der Waals surface area (Å²) in [5.41, 5.74) is 6.12. The molecule has 1 aromatic rings. The molecular formula is C22H18Cl3N3O6. The van der Waals surface area contributed by atoms with E-state index in [0.717, 1.165) is 4.90 Å². The summed E-state index contributed by atoms with van der Waals surface area (Å²) in [6, 6.07) is 2.93. The maximum Gasteiger partial charge on any atom is 0.328 e. The Kier molecular flexibility index (Phi) is 4.89. The Morgan fingerprint density at radius 3 is 2.41 bits per heavy atom. The molecule has 1 saturated carbocycles. The molecule has 0 bridgehead atoms. The second kappa shape index (κ2) is 7.19. The van der Waals surface area contributed by atoms with Gasteiger partial charge in [-0.2, -0.15) is 4.90 Å². The molecule has 0 unspecified atom stereocenters. The maximum absolute atomic E-state index is 13.4. The average molecular weight is 527 g/mol. The summed E-state index contributed by atoms with van der Waals surface area (Å²) in [6.07, 6.45) is 1.58. The minimum atomic E-state index is -1.98. The van der Waals surface area contributed by atoms with Gasteiger partial charge in [-0.3, -0.25) is 24.1 Å². The summed E-state index contributed by atoms with van der Waals surface area (Å²) >= 11 is 20.4. The number of carbonyl (C=O) groups is 5. The van der Waals surface area contributed by atoms with Crippen molar-refractivity contribution < 1.29 is 29.1 Å². The molecule has 178 valence electrons. The molecular weight excluding hydrogens is 509 g/mol. The van der Waals surface area contributed by atoms with Crippen LogP contribution >= 0.6 is 34.8 Å². The lowest BCUT2D eigenvalue weighted by molar-refractivity contribution is -0.139. The Bertz CT molecular complexity index is 1250. The van der Waals surface area contributed by atoms with E-state index in [4.69, 9.17) is 40.5 Å². The molecule has 2 heterocycles. The van der Waals surface area contributed by atoms with Crippen molar-refractivity contribution in [3.05, 3.63) is 40.4 Å². The number of urea groups is 1. The van der Waals surface area contributed by atoms with Crippen LogP contribution in [0.4, 0.5) is 4.79 Å². The van der Waals surface area contributed by atoms with Crippen molar-refractivity contribution in [3.8, 4) is 5.75 Å². The summed E-state index contributed by atoms with van der Waals surface area (Å²) < 4.78 is 0. The standard InChI is InChI=1S/C22H18Cl3N3O6/c1-27-18(32)21(24)7-12-9(4-5-11-14(12)17(31)28(16(11)30)20(26)34)15(22(21,25)19(27)33)10-3-2-8(29)6-13(10)23/h2-4,6,11-12,14-15,29H,5,7H2,1H3,(H2,26,34)/t11-,12+,14-,15+,21+,22-/m0/s1. The van der Waals surface area contributed by atoms with E-state index in [-0.39, 0.29) is 23.6 Å². The topological polar surface area (TPSA) is 138 Å². The number of likely N-dealkylation sites (tertiary alicyclic amines) is 2. The number of aromatic hydroxyl groups is 1. The lowest BCUT2D eigenvalue weighted by atomic mass is 9.56. The number of phenolic OH excluding ortho intramolecular Hbond substituents is 1. The number of rotatable bonds is 1. The highest BCUT2D eigenvalue weighted by molar-refractivity contribution is 6.53. The largest absolute Gasteiger partial charge is 0.508 e. The lowest BCUT2D eigenvalue weighted by Crippen LogP contribution is -2.60. The minimum absolute atomic E-state index is 0.0788. The highest BCUT2D eigenvalue weighted by Gasteiger charge is 2.76. The fourth-order valence-corrected chi connectivity index (χ4v) is 7.35. The van der Waals surface area contributed by atoms with Crippen molar-refractivity contribution in [1.29, 1.82) is 0 Å². The van der Waals surface area contributed by atoms with Crippen LogP contribution in [0.15, 0.2) is 29.8 Å². The molecule has 0 aromatic heterocycles. The van der Waals surface area contributed by atoms with Crippen LogP contribution < -0.4 is 5.73 Å². The number of hydrogen-bond acceptors (Lipinski definition) is 6. The van der Waals surface area contributed by atoms with Crippen LogP contribution in [0.3, 0.4) is 0 Å². The first-order chi connectivity index (χ1) is 15.9. The molecule has 12 heteroatoms. The highest BCUT2D eigenvalue weighted by Crippen LogP contribution is 2.65. The number of alkyl halides is 2. The summed E-state index contributed by atoms with van der Waals surface area (Å²) in [5.74, 6) is -6.79. The molecule has 4 aliphatic rings. The Labute approximate surface area is 208 Å². The van der Waals surface area contributed by atoms with Crippen molar-refractivity contribution in [2.45, 2.75) is 28.5 Å². The molecule has 6 atom stereocenters. The van der Waals surface area contributed by atoms with Gasteiger partial charge in [0.15, 0.2) is 9.75 Å². The molecule has 3 fully saturated rings. The van der Waals surface area contributed by atoms with Crippen molar-refractivity contribution >= 4 is 64.5 Å².